The highest BCUT2D eigenvalue weighted by Gasteiger charge is 2.61. The smallest absolute Gasteiger partial charge is 0.0174 e. The molecule has 3 saturated carbocycles. The van der Waals surface area contributed by atoms with Gasteiger partial charge in [0, 0.05) is 10.2 Å². The molecular weight excluding hydrogens is 148 g/mol. The number of fused-ring (bicyclic) bond motifs is 2. The van der Waals surface area contributed by atoms with Crippen LogP contribution in [0.1, 0.15) is 40.0 Å². The normalized spacial score (nSPS) is 53.5. The second-order valence-electron chi connectivity index (χ2n) is 5.26. The Labute approximate surface area is 73.2 Å². The van der Waals surface area contributed by atoms with Gasteiger partial charge < -0.3 is 0 Å². The summed E-state index contributed by atoms with van der Waals surface area (Å²) >= 11 is 0. The van der Waals surface area contributed by atoms with Crippen LogP contribution in [0.25, 0.3) is 0 Å². The van der Waals surface area contributed by atoms with Crippen molar-refractivity contribution in [3.05, 3.63) is 0 Å². The van der Waals surface area contributed by atoms with Crippen LogP contribution >= 0.6 is 0 Å². The minimum Gasteiger partial charge on any atom is -0.0623 e. The van der Waals surface area contributed by atoms with Gasteiger partial charge in [-0.15, -0.1) is 0 Å². The fourth-order valence-corrected chi connectivity index (χ4v) is 4.10. The van der Waals surface area contributed by atoms with E-state index in [1.165, 1.54) is 19.3 Å². The molecule has 3 aliphatic rings. The van der Waals surface area contributed by atoms with E-state index >= 15 is 0 Å². The second kappa shape index (κ2) is 1.93. The molecule has 1 heteroatoms. The summed E-state index contributed by atoms with van der Waals surface area (Å²) in [7, 11) is 2.28. The summed E-state index contributed by atoms with van der Waals surface area (Å²) in [5, 5.41) is 0.704. The summed E-state index contributed by atoms with van der Waals surface area (Å²) in [5.41, 5.74) is 0.656. The Kier molecular flexibility index (Phi) is 1.38. The van der Waals surface area contributed by atoms with Crippen LogP contribution in [0, 0.1) is 17.3 Å². The molecule has 0 N–H and O–H groups in total. The Bertz CT molecular complexity index is 185. The SMILES string of the molecule is CC1CCC2CC1([SiH2])C2(C)C. The van der Waals surface area contributed by atoms with Crippen LogP contribution in [-0.2, 0) is 0 Å². The van der Waals surface area contributed by atoms with Gasteiger partial charge in [0.2, 0.25) is 0 Å². The number of rotatable bonds is 0. The molecule has 0 aliphatic heterocycles. The molecule has 11 heavy (non-hydrogen) atoms. The van der Waals surface area contributed by atoms with E-state index in [-0.39, 0.29) is 0 Å². The van der Waals surface area contributed by atoms with Crippen molar-refractivity contribution in [1.29, 1.82) is 0 Å². The Balaban J connectivity index is 2.28. The van der Waals surface area contributed by atoms with Gasteiger partial charge in [0.15, 0.2) is 0 Å². The van der Waals surface area contributed by atoms with Gasteiger partial charge in [-0.3, -0.25) is 0 Å². The van der Waals surface area contributed by atoms with Gasteiger partial charge in [0.25, 0.3) is 0 Å². The zero-order valence-electron chi connectivity index (χ0n) is 7.98. The molecule has 0 nitrogen and oxygen atoms in total. The fourth-order valence-electron chi connectivity index (χ4n) is 3.26. The lowest BCUT2D eigenvalue weighted by atomic mass is 9.45. The number of hydrogen-bond acceptors (Lipinski definition) is 0. The van der Waals surface area contributed by atoms with Crippen LogP contribution in [0.5, 0.6) is 0 Å². The predicted molar refractivity (Wildman–Crippen MR) is 51.5 cm³/mol. The highest BCUT2D eigenvalue weighted by Crippen LogP contribution is 2.72. The maximum Gasteiger partial charge on any atom is 0.0174 e. The van der Waals surface area contributed by atoms with Crippen molar-refractivity contribution >= 4 is 10.2 Å². The second-order valence-corrected chi connectivity index (χ2v) is 6.52. The Morgan fingerprint density at radius 1 is 1.27 bits per heavy atom. The van der Waals surface area contributed by atoms with Gasteiger partial charge in [-0.25, -0.2) is 0 Å². The summed E-state index contributed by atoms with van der Waals surface area (Å²) in [5.74, 6) is 2.03. The van der Waals surface area contributed by atoms with E-state index in [2.05, 4.69) is 31.0 Å². The summed E-state index contributed by atoms with van der Waals surface area (Å²) in [4.78, 5) is 0. The Morgan fingerprint density at radius 2 is 1.91 bits per heavy atom. The fraction of sp³-hybridized carbons (Fsp3) is 1.00. The molecule has 0 saturated heterocycles. The Morgan fingerprint density at radius 3 is 2.27 bits per heavy atom. The monoisotopic (exact) mass is 167 g/mol. The zero-order valence-corrected chi connectivity index (χ0v) is 9.40. The lowest BCUT2D eigenvalue weighted by Crippen LogP contribution is -2.56. The molecule has 3 fully saturated rings. The third-order valence-corrected chi connectivity index (χ3v) is 6.70. The van der Waals surface area contributed by atoms with Gasteiger partial charge in [-0.05, 0) is 35.1 Å². The first kappa shape index (κ1) is 7.84. The van der Waals surface area contributed by atoms with Crippen molar-refractivity contribution < 1.29 is 0 Å². The van der Waals surface area contributed by atoms with Crippen LogP contribution < -0.4 is 0 Å². The van der Waals surface area contributed by atoms with Crippen LogP contribution in [0.15, 0.2) is 0 Å². The lowest BCUT2D eigenvalue weighted by molar-refractivity contribution is -0.0818. The van der Waals surface area contributed by atoms with Crippen molar-refractivity contribution in [3.63, 3.8) is 0 Å². The summed E-state index contributed by atoms with van der Waals surface area (Å²) in [6.45, 7) is 7.40. The van der Waals surface area contributed by atoms with E-state index in [9.17, 15) is 0 Å². The van der Waals surface area contributed by atoms with Crippen LogP contribution in [0.3, 0.4) is 0 Å². The van der Waals surface area contributed by atoms with Gasteiger partial charge in [-0.2, -0.15) is 0 Å². The Hall–Kier alpha value is 0.217. The first-order chi connectivity index (χ1) is 4.98. The first-order valence-electron chi connectivity index (χ1n) is 4.84. The van der Waals surface area contributed by atoms with Crippen molar-refractivity contribution in [2.75, 3.05) is 0 Å². The van der Waals surface area contributed by atoms with Crippen molar-refractivity contribution in [3.8, 4) is 0 Å². The van der Waals surface area contributed by atoms with Crippen molar-refractivity contribution in [2.45, 2.75) is 45.1 Å². The van der Waals surface area contributed by atoms with E-state index in [4.69, 9.17) is 0 Å². The highest BCUT2D eigenvalue weighted by molar-refractivity contribution is 6.17. The van der Waals surface area contributed by atoms with Crippen molar-refractivity contribution in [1.82, 2.24) is 0 Å². The van der Waals surface area contributed by atoms with Crippen LogP contribution in [0.2, 0.25) is 5.04 Å². The van der Waals surface area contributed by atoms with E-state index in [0.717, 1.165) is 11.8 Å². The average Bonchev–Trinajstić information content (AvgIpc) is 1.94. The topological polar surface area (TPSA) is 0 Å². The molecule has 0 spiro atoms. The van der Waals surface area contributed by atoms with Gasteiger partial charge in [-0.1, -0.05) is 27.2 Å². The summed E-state index contributed by atoms with van der Waals surface area (Å²) < 4.78 is 0. The maximum absolute atomic E-state index is 2.48. The van der Waals surface area contributed by atoms with Crippen LogP contribution in [-0.4, -0.2) is 10.2 Å². The third-order valence-electron chi connectivity index (χ3n) is 4.81. The van der Waals surface area contributed by atoms with Crippen LogP contribution in [0.4, 0.5) is 0 Å². The van der Waals surface area contributed by atoms with Gasteiger partial charge >= 0.3 is 0 Å². The summed E-state index contributed by atoms with van der Waals surface area (Å²) in [6.07, 6.45) is 4.49. The molecule has 0 aromatic carbocycles. The molecule has 1 radical (unpaired) electrons. The molecule has 0 heterocycles. The minimum absolute atomic E-state index is 0.656. The zero-order chi connectivity index (χ0) is 8.28. The standard InChI is InChI=1S/C10H19Si/c1-7-4-5-8-6-10(7,11)9(8,2)3/h7-8H,4-6,11H2,1-3H3. The minimum atomic E-state index is 0.656. The molecule has 3 unspecified atom stereocenters. The largest absolute Gasteiger partial charge is 0.0623 e. The molecule has 2 bridgehead atoms. The van der Waals surface area contributed by atoms with E-state index < -0.39 is 0 Å². The molecule has 63 valence electrons. The molecule has 0 amide bonds. The maximum atomic E-state index is 2.48. The van der Waals surface area contributed by atoms with Crippen molar-refractivity contribution in [2.24, 2.45) is 17.3 Å². The van der Waals surface area contributed by atoms with E-state index in [0.29, 0.717) is 10.5 Å². The van der Waals surface area contributed by atoms with E-state index in [1.54, 1.807) is 0 Å². The molecule has 3 aliphatic carbocycles. The number of hydrogen-bond donors (Lipinski definition) is 0. The summed E-state index contributed by atoms with van der Waals surface area (Å²) in [6, 6.07) is 0. The predicted octanol–water partition coefficient (Wildman–Crippen LogP) is 2.25. The quantitative estimate of drug-likeness (QED) is 0.485. The lowest BCUT2D eigenvalue weighted by Gasteiger charge is -2.67. The highest BCUT2D eigenvalue weighted by atomic mass is 28.1. The first-order valence-corrected chi connectivity index (χ1v) is 5.54. The van der Waals surface area contributed by atoms with E-state index in [1.807, 2.05) is 0 Å². The average molecular weight is 167 g/mol. The van der Waals surface area contributed by atoms with Gasteiger partial charge in [0.05, 0.1) is 0 Å². The third kappa shape index (κ3) is 0.708. The molecule has 3 rings (SSSR count). The molecule has 3 atom stereocenters. The molecular formula is C10H19Si. The molecule has 0 aromatic heterocycles. The van der Waals surface area contributed by atoms with Gasteiger partial charge in [0.1, 0.15) is 0 Å². The molecule has 0 aromatic rings.